The van der Waals surface area contributed by atoms with Crippen LogP contribution < -0.4 is 11.5 Å². The van der Waals surface area contributed by atoms with Crippen LogP contribution in [0.25, 0.3) is 0 Å². The van der Waals surface area contributed by atoms with Gasteiger partial charge in [0.2, 0.25) is 15.9 Å². The lowest BCUT2D eigenvalue weighted by molar-refractivity contribution is 0.1000. The highest BCUT2D eigenvalue weighted by Crippen LogP contribution is 2.24. The molecule has 0 radical (unpaired) electrons. The molecule has 0 aromatic heterocycles. The molecule has 7 nitrogen and oxygen atoms in total. The van der Waals surface area contributed by atoms with E-state index >= 15 is 0 Å². The second-order valence-corrected chi connectivity index (χ2v) is 6.00. The molecule has 1 rings (SSSR count). The minimum absolute atomic E-state index is 0.00554. The molecule has 0 aliphatic rings. The number of aliphatic hydroxyl groups excluding tert-OH is 1. The van der Waals surface area contributed by atoms with Crippen molar-refractivity contribution in [2.24, 2.45) is 5.73 Å². The fourth-order valence-electron chi connectivity index (χ4n) is 1.65. The Labute approximate surface area is 120 Å². The molecule has 0 heterocycles. The fraction of sp³-hybridized carbons (Fsp3) is 0.364. The Hall–Kier alpha value is -1.78. The van der Waals surface area contributed by atoms with E-state index in [0.717, 1.165) is 18.2 Å². The van der Waals surface area contributed by atoms with Gasteiger partial charge in [0.05, 0.1) is 18.8 Å². The molecule has 0 spiro atoms. The Kier molecular flexibility index (Phi) is 5.58. The van der Waals surface area contributed by atoms with Crippen LogP contribution in [0.5, 0.6) is 0 Å². The first-order chi connectivity index (χ1) is 9.70. The zero-order valence-electron chi connectivity index (χ0n) is 10.9. The third-order valence-electron chi connectivity index (χ3n) is 2.60. The molecule has 1 aromatic rings. The minimum atomic E-state index is -4.32. The molecule has 0 atom stereocenters. The Bertz CT molecular complexity index is 622. The summed E-state index contributed by atoms with van der Waals surface area (Å²) in [5.74, 6) is -0.801. The highest BCUT2D eigenvalue weighted by atomic mass is 32.2. The lowest BCUT2D eigenvalue weighted by atomic mass is 10.2. The Morgan fingerprint density at radius 1 is 1.38 bits per heavy atom. The van der Waals surface area contributed by atoms with Gasteiger partial charge in [0.1, 0.15) is 4.90 Å². The topological polar surface area (TPSA) is 127 Å². The van der Waals surface area contributed by atoms with Gasteiger partial charge in [-0.15, -0.1) is 0 Å². The minimum Gasteiger partial charge on any atom is -0.398 e. The average Bonchev–Trinajstić information content (AvgIpc) is 2.37. The van der Waals surface area contributed by atoms with Gasteiger partial charge in [0, 0.05) is 12.1 Å². The molecule has 0 unspecified atom stereocenters. The summed E-state index contributed by atoms with van der Waals surface area (Å²) in [7, 11) is -4.32. The smallest absolute Gasteiger partial charge is 0.252 e. The molecule has 10 heteroatoms. The Balaban J connectivity index is 3.24. The molecule has 1 amide bonds. The number of primary amides is 1. The highest BCUT2D eigenvalue weighted by Gasteiger charge is 2.28. The third kappa shape index (κ3) is 4.09. The van der Waals surface area contributed by atoms with Crippen LogP contribution in [-0.4, -0.2) is 49.9 Å². The van der Waals surface area contributed by atoms with Crippen molar-refractivity contribution >= 4 is 21.6 Å². The van der Waals surface area contributed by atoms with Crippen molar-refractivity contribution in [3.05, 3.63) is 23.8 Å². The van der Waals surface area contributed by atoms with E-state index in [0.29, 0.717) is 4.31 Å². The predicted molar refractivity (Wildman–Crippen MR) is 71.2 cm³/mol. The van der Waals surface area contributed by atoms with Crippen molar-refractivity contribution in [1.82, 2.24) is 4.31 Å². The van der Waals surface area contributed by atoms with Crippen molar-refractivity contribution in [3.63, 3.8) is 0 Å². The number of nitrogens with zero attached hydrogens (tertiary/aromatic N) is 1. The van der Waals surface area contributed by atoms with Gasteiger partial charge in [-0.25, -0.2) is 17.2 Å². The molecular weight excluding hydrogens is 308 g/mol. The summed E-state index contributed by atoms with van der Waals surface area (Å²) in [6.07, 6.45) is -2.91. The van der Waals surface area contributed by atoms with Gasteiger partial charge in [-0.2, -0.15) is 4.31 Å². The second kappa shape index (κ2) is 6.78. The number of halogens is 2. The van der Waals surface area contributed by atoms with E-state index in [-0.39, 0.29) is 11.3 Å². The van der Waals surface area contributed by atoms with Gasteiger partial charge in [-0.05, 0) is 18.2 Å². The largest absolute Gasteiger partial charge is 0.398 e. The molecule has 0 aliphatic heterocycles. The molecule has 0 aliphatic carbocycles. The van der Waals surface area contributed by atoms with Crippen molar-refractivity contribution in [1.29, 1.82) is 0 Å². The zero-order valence-corrected chi connectivity index (χ0v) is 11.7. The number of alkyl halides is 2. The van der Waals surface area contributed by atoms with Crippen LogP contribution in [0.2, 0.25) is 0 Å². The summed E-state index contributed by atoms with van der Waals surface area (Å²) < 4.78 is 49.8. The SMILES string of the molecule is NC(=O)c1ccc(S(=O)(=O)N(CCO)CC(F)F)c(N)c1. The van der Waals surface area contributed by atoms with Gasteiger partial charge in [0.15, 0.2) is 0 Å². The molecule has 0 saturated heterocycles. The van der Waals surface area contributed by atoms with Crippen LogP contribution in [0.3, 0.4) is 0 Å². The number of amides is 1. The highest BCUT2D eigenvalue weighted by molar-refractivity contribution is 7.89. The molecule has 0 saturated carbocycles. The van der Waals surface area contributed by atoms with Gasteiger partial charge >= 0.3 is 0 Å². The molecule has 21 heavy (non-hydrogen) atoms. The normalized spacial score (nSPS) is 12.0. The van der Waals surface area contributed by atoms with Crippen molar-refractivity contribution in [2.75, 3.05) is 25.4 Å². The maximum Gasteiger partial charge on any atom is 0.252 e. The van der Waals surface area contributed by atoms with E-state index in [4.69, 9.17) is 16.6 Å². The quantitative estimate of drug-likeness (QED) is 0.589. The number of benzene rings is 1. The van der Waals surface area contributed by atoms with Gasteiger partial charge in [-0.1, -0.05) is 0 Å². The summed E-state index contributed by atoms with van der Waals surface area (Å²) in [4.78, 5) is 10.5. The van der Waals surface area contributed by atoms with E-state index in [2.05, 4.69) is 0 Å². The first-order valence-electron chi connectivity index (χ1n) is 5.78. The van der Waals surface area contributed by atoms with Crippen LogP contribution in [0.15, 0.2) is 23.1 Å². The van der Waals surface area contributed by atoms with Crippen molar-refractivity contribution < 1.29 is 27.1 Å². The number of nitrogen functional groups attached to an aromatic ring is 1. The molecule has 5 N–H and O–H groups in total. The fourth-order valence-corrected chi connectivity index (χ4v) is 3.16. The first kappa shape index (κ1) is 17.3. The first-order valence-corrected chi connectivity index (χ1v) is 7.22. The van der Waals surface area contributed by atoms with Crippen molar-refractivity contribution in [3.8, 4) is 0 Å². The number of carbonyl (C=O) groups is 1. The summed E-state index contributed by atoms with van der Waals surface area (Å²) in [5.41, 5.74) is 10.3. The lowest BCUT2D eigenvalue weighted by Crippen LogP contribution is -2.37. The summed E-state index contributed by atoms with van der Waals surface area (Å²) >= 11 is 0. The van der Waals surface area contributed by atoms with E-state index in [1.165, 1.54) is 0 Å². The molecule has 1 aromatic carbocycles. The van der Waals surface area contributed by atoms with E-state index < -0.39 is 46.9 Å². The number of sulfonamides is 1. The number of nitrogens with two attached hydrogens (primary N) is 2. The summed E-state index contributed by atoms with van der Waals surface area (Å²) in [6.45, 7) is -2.19. The monoisotopic (exact) mass is 323 g/mol. The predicted octanol–water partition coefficient (Wildman–Crippen LogP) is -0.384. The summed E-state index contributed by atoms with van der Waals surface area (Å²) in [5, 5.41) is 8.80. The standard InChI is InChI=1S/C11H15F2N3O4S/c12-10(13)6-16(3-4-17)21(19,20)9-2-1-7(11(15)18)5-8(9)14/h1-2,5,10,17H,3-4,6,14H2,(H2,15,18). The number of hydrogen-bond acceptors (Lipinski definition) is 5. The summed E-state index contributed by atoms with van der Waals surface area (Å²) in [6, 6.07) is 3.19. The van der Waals surface area contributed by atoms with Gasteiger partial charge in [0.25, 0.3) is 6.43 Å². The Morgan fingerprint density at radius 2 is 2.00 bits per heavy atom. The van der Waals surface area contributed by atoms with Gasteiger partial charge in [-0.3, -0.25) is 4.79 Å². The average molecular weight is 323 g/mol. The number of aliphatic hydroxyl groups is 1. The number of hydrogen-bond donors (Lipinski definition) is 3. The van der Waals surface area contributed by atoms with Crippen LogP contribution in [-0.2, 0) is 10.0 Å². The number of anilines is 1. The third-order valence-corrected chi connectivity index (χ3v) is 4.54. The zero-order chi connectivity index (χ0) is 16.2. The number of rotatable bonds is 7. The van der Waals surface area contributed by atoms with Gasteiger partial charge < -0.3 is 16.6 Å². The van der Waals surface area contributed by atoms with Crippen LogP contribution in [0.1, 0.15) is 10.4 Å². The molecule has 0 bridgehead atoms. The number of carbonyl (C=O) groups excluding carboxylic acids is 1. The Morgan fingerprint density at radius 3 is 2.43 bits per heavy atom. The van der Waals surface area contributed by atoms with Crippen molar-refractivity contribution in [2.45, 2.75) is 11.3 Å². The maximum absolute atomic E-state index is 12.4. The second-order valence-electron chi connectivity index (χ2n) is 4.09. The molecule has 0 fully saturated rings. The van der Waals surface area contributed by atoms with E-state index in [1.807, 2.05) is 0 Å². The molecular formula is C11H15F2N3O4S. The van der Waals surface area contributed by atoms with E-state index in [1.54, 1.807) is 0 Å². The maximum atomic E-state index is 12.4. The van der Waals surface area contributed by atoms with Crippen LogP contribution in [0, 0.1) is 0 Å². The van der Waals surface area contributed by atoms with E-state index in [9.17, 15) is 22.0 Å². The van der Waals surface area contributed by atoms with Crippen LogP contribution in [0.4, 0.5) is 14.5 Å². The molecule has 118 valence electrons. The van der Waals surface area contributed by atoms with Crippen LogP contribution >= 0.6 is 0 Å². The lowest BCUT2D eigenvalue weighted by Gasteiger charge is -2.21.